The van der Waals surface area contributed by atoms with Crippen molar-refractivity contribution in [2.45, 2.75) is 45.2 Å². The number of nitrogens with zero attached hydrogens (tertiary/aromatic N) is 1. The van der Waals surface area contributed by atoms with E-state index in [4.69, 9.17) is 0 Å². The molecule has 1 aromatic heterocycles. The summed E-state index contributed by atoms with van der Waals surface area (Å²) in [5.41, 5.74) is -0.824. The number of pyridine rings is 1. The molecule has 0 amide bonds. The zero-order valence-electron chi connectivity index (χ0n) is 14.0. The minimum Gasteiger partial charge on any atom is -0.370 e. The lowest BCUT2D eigenvalue weighted by molar-refractivity contribution is -0.141. The molecule has 4 fully saturated rings. The molecule has 2 nitrogen and oxygen atoms in total. The van der Waals surface area contributed by atoms with Gasteiger partial charge in [-0.15, -0.1) is 0 Å². The van der Waals surface area contributed by atoms with Crippen LogP contribution in [0.4, 0.5) is 19.0 Å². The zero-order chi connectivity index (χ0) is 16.9. The van der Waals surface area contributed by atoms with Crippen LogP contribution in [0.2, 0.25) is 0 Å². The smallest absolute Gasteiger partial charge is 0.370 e. The first-order chi connectivity index (χ1) is 11.4. The van der Waals surface area contributed by atoms with Crippen LogP contribution < -0.4 is 5.32 Å². The molecule has 0 radical (unpaired) electrons. The predicted molar refractivity (Wildman–Crippen MR) is 87.4 cm³/mol. The molecule has 5 rings (SSSR count). The van der Waals surface area contributed by atoms with E-state index < -0.39 is 11.9 Å². The molecule has 4 aliphatic carbocycles. The molecule has 132 valence electrons. The summed E-state index contributed by atoms with van der Waals surface area (Å²) in [5, 5.41) is 3.15. The van der Waals surface area contributed by atoms with Crippen LogP contribution in [-0.2, 0) is 6.18 Å². The fourth-order valence-electron chi connectivity index (χ4n) is 5.99. The van der Waals surface area contributed by atoms with Gasteiger partial charge in [0.2, 0.25) is 0 Å². The maximum absolute atomic E-state index is 12.8. The van der Waals surface area contributed by atoms with Crippen LogP contribution in [-0.4, -0.2) is 11.5 Å². The van der Waals surface area contributed by atoms with Crippen LogP contribution in [0, 0.1) is 35.5 Å². The van der Waals surface area contributed by atoms with Gasteiger partial charge in [-0.1, -0.05) is 13.0 Å². The van der Waals surface area contributed by atoms with E-state index in [0.29, 0.717) is 18.3 Å². The van der Waals surface area contributed by atoms with E-state index >= 15 is 0 Å². The highest BCUT2D eigenvalue weighted by Gasteiger charge is 2.49. The van der Waals surface area contributed by atoms with Crippen LogP contribution in [0.3, 0.4) is 0 Å². The molecule has 1 N–H and O–H groups in total. The van der Waals surface area contributed by atoms with Gasteiger partial charge in [0.1, 0.15) is 11.5 Å². The van der Waals surface area contributed by atoms with E-state index in [1.165, 1.54) is 38.2 Å². The van der Waals surface area contributed by atoms with Crippen molar-refractivity contribution in [3.05, 3.63) is 23.9 Å². The van der Waals surface area contributed by atoms with Gasteiger partial charge in [0, 0.05) is 6.54 Å². The molecule has 24 heavy (non-hydrogen) atoms. The minimum atomic E-state index is -4.38. The summed E-state index contributed by atoms with van der Waals surface area (Å²) in [6.45, 7) is 2.97. The van der Waals surface area contributed by atoms with E-state index in [1.807, 2.05) is 0 Å². The molecule has 0 spiro atoms. The molecule has 1 aromatic rings. The maximum Gasteiger partial charge on any atom is 0.433 e. The number of hydrogen-bond acceptors (Lipinski definition) is 2. The van der Waals surface area contributed by atoms with Crippen LogP contribution in [0.25, 0.3) is 0 Å². The van der Waals surface area contributed by atoms with Gasteiger partial charge in [0.25, 0.3) is 0 Å². The van der Waals surface area contributed by atoms with Crippen LogP contribution in [0.15, 0.2) is 18.2 Å². The molecule has 1 heterocycles. The van der Waals surface area contributed by atoms with E-state index in [0.717, 1.165) is 35.7 Å². The molecular weight excluding hydrogens is 313 g/mol. The van der Waals surface area contributed by atoms with Crippen molar-refractivity contribution >= 4 is 5.82 Å². The molecule has 0 saturated heterocycles. The Labute approximate surface area is 141 Å². The molecule has 0 aromatic carbocycles. The number of alkyl halides is 3. The first-order valence-corrected chi connectivity index (χ1v) is 9.18. The highest BCUT2D eigenvalue weighted by Crippen LogP contribution is 2.58. The van der Waals surface area contributed by atoms with Crippen molar-refractivity contribution in [2.75, 3.05) is 11.9 Å². The van der Waals surface area contributed by atoms with E-state index in [2.05, 4.69) is 17.2 Å². The summed E-state index contributed by atoms with van der Waals surface area (Å²) in [5.74, 6) is 5.14. The second kappa shape index (κ2) is 5.92. The van der Waals surface area contributed by atoms with E-state index in [1.54, 1.807) is 6.07 Å². The second-order valence-corrected chi connectivity index (χ2v) is 8.27. The summed E-state index contributed by atoms with van der Waals surface area (Å²) in [6.07, 6.45) is 2.58. The summed E-state index contributed by atoms with van der Waals surface area (Å²) < 4.78 is 38.3. The monoisotopic (exact) mass is 338 g/mol. The summed E-state index contributed by atoms with van der Waals surface area (Å²) in [6, 6.07) is 4.07. The number of hydrogen-bond donors (Lipinski definition) is 1. The molecule has 1 atom stereocenters. The molecule has 0 aliphatic heterocycles. The van der Waals surface area contributed by atoms with Crippen molar-refractivity contribution in [3.8, 4) is 0 Å². The molecule has 4 bridgehead atoms. The molecular formula is C19H25F3N2. The van der Waals surface area contributed by atoms with Gasteiger partial charge in [-0.25, -0.2) is 4.98 Å². The standard InChI is InChI=1S/C19H25F3N2/c1-11(10-23-17-4-2-3-16(24-17)19(20,21)22)18-14-6-12-5-13(8-14)9-15(18)7-12/h2-4,11-15,18H,5-10H2,1H3,(H,23,24). The summed E-state index contributed by atoms with van der Waals surface area (Å²) >= 11 is 0. The molecule has 1 unspecified atom stereocenters. The molecule has 4 aliphatic rings. The average Bonchev–Trinajstić information content (AvgIpc) is 2.51. The topological polar surface area (TPSA) is 24.9 Å². The van der Waals surface area contributed by atoms with Gasteiger partial charge in [0.05, 0.1) is 0 Å². The SMILES string of the molecule is CC(CNc1cccc(C(F)(F)F)n1)C1C2CC3CC(C2)CC1C3. The van der Waals surface area contributed by atoms with Crippen LogP contribution in [0.5, 0.6) is 0 Å². The lowest BCUT2D eigenvalue weighted by Crippen LogP contribution is -2.48. The quantitative estimate of drug-likeness (QED) is 0.814. The first kappa shape index (κ1) is 16.2. The second-order valence-electron chi connectivity index (χ2n) is 8.27. The fraction of sp³-hybridized carbons (Fsp3) is 0.737. The van der Waals surface area contributed by atoms with Gasteiger partial charge in [-0.05, 0) is 79.7 Å². The Morgan fingerprint density at radius 1 is 1.08 bits per heavy atom. The number of nitrogens with one attached hydrogen (secondary N) is 1. The van der Waals surface area contributed by atoms with Crippen LogP contribution in [0.1, 0.15) is 44.7 Å². The van der Waals surface area contributed by atoms with Gasteiger partial charge in [-0.2, -0.15) is 13.2 Å². The summed E-state index contributed by atoms with van der Waals surface area (Å²) in [7, 11) is 0. The van der Waals surface area contributed by atoms with E-state index in [-0.39, 0.29) is 0 Å². The predicted octanol–water partition coefficient (Wildman–Crippen LogP) is 5.22. The van der Waals surface area contributed by atoms with Gasteiger partial charge < -0.3 is 5.32 Å². The largest absolute Gasteiger partial charge is 0.433 e. The van der Waals surface area contributed by atoms with Crippen molar-refractivity contribution in [1.82, 2.24) is 4.98 Å². The third-order valence-corrected chi connectivity index (χ3v) is 6.60. The Bertz CT molecular complexity index is 571. The lowest BCUT2D eigenvalue weighted by Gasteiger charge is -2.56. The van der Waals surface area contributed by atoms with Crippen molar-refractivity contribution in [3.63, 3.8) is 0 Å². The Balaban J connectivity index is 1.39. The number of anilines is 1. The highest BCUT2D eigenvalue weighted by atomic mass is 19.4. The third-order valence-electron chi connectivity index (χ3n) is 6.60. The zero-order valence-corrected chi connectivity index (χ0v) is 14.0. The summed E-state index contributed by atoms with van der Waals surface area (Å²) in [4.78, 5) is 3.72. The fourth-order valence-corrected chi connectivity index (χ4v) is 5.99. The van der Waals surface area contributed by atoms with Gasteiger partial charge in [0.15, 0.2) is 0 Å². The average molecular weight is 338 g/mol. The number of aromatic nitrogens is 1. The highest BCUT2D eigenvalue weighted by molar-refractivity contribution is 5.36. The van der Waals surface area contributed by atoms with Crippen molar-refractivity contribution in [1.29, 1.82) is 0 Å². The number of rotatable bonds is 4. The normalized spacial score (nSPS) is 35.9. The molecule has 5 heteroatoms. The third kappa shape index (κ3) is 3.02. The lowest BCUT2D eigenvalue weighted by atomic mass is 9.50. The Kier molecular flexibility index (Phi) is 4.00. The minimum absolute atomic E-state index is 0.334. The number of halogens is 3. The van der Waals surface area contributed by atoms with Crippen LogP contribution >= 0.6 is 0 Å². The van der Waals surface area contributed by atoms with Crippen molar-refractivity contribution < 1.29 is 13.2 Å². The Hall–Kier alpha value is -1.26. The first-order valence-electron chi connectivity index (χ1n) is 9.18. The van der Waals surface area contributed by atoms with Gasteiger partial charge >= 0.3 is 6.18 Å². The Morgan fingerprint density at radius 2 is 1.71 bits per heavy atom. The van der Waals surface area contributed by atoms with E-state index in [9.17, 15) is 13.2 Å². The van der Waals surface area contributed by atoms with Crippen molar-refractivity contribution in [2.24, 2.45) is 35.5 Å². The molecule has 4 saturated carbocycles. The Morgan fingerprint density at radius 3 is 2.29 bits per heavy atom. The maximum atomic E-state index is 12.8. The van der Waals surface area contributed by atoms with Gasteiger partial charge in [-0.3, -0.25) is 0 Å².